The Hall–Kier alpha value is -2.95. The van der Waals surface area contributed by atoms with Crippen molar-refractivity contribution in [2.75, 3.05) is 0 Å². The molecule has 138 valence electrons. The normalized spacial score (nSPS) is 11.8. The Morgan fingerprint density at radius 2 is 1.79 bits per heavy atom. The minimum absolute atomic E-state index is 0.301. The number of aliphatic imine (C=N–C) groups is 1. The van der Waals surface area contributed by atoms with Gasteiger partial charge >= 0.3 is 0 Å². The summed E-state index contributed by atoms with van der Waals surface area (Å²) in [6.45, 7) is 0. The number of fused-ring (bicyclic) bond motifs is 1. The van der Waals surface area contributed by atoms with Crippen LogP contribution < -0.4 is 0 Å². The van der Waals surface area contributed by atoms with Crippen LogP contribution in [0.3, 0.4) is 0 Å². The van der Waals surface area contributed by atoms with Crippen molar-refractivity contribution in [3.05, 3.63) is 88.2 Å². The average molecular weight is 411 g/mol. The zero-order valence-corrected chi connectivity index (χ0v) is 16.0. The molecule has 6 heteroatoms. The van der Waals surface area contributed by atoms with Gasteiger partial charge in [0.15, 0.2) is 5.58 Å². The van der Waals surface area contributed by atoms with Gasteiger partial charge in [-0.1, -0.05) is 35.3 Å². The number of halogens is 3. The van der Waals surface area contributed by atoms with Crippen molar-refractivity contribution in [3.63, 3.8) is 0 Å². The highest BCUT2D eigenvalue weighted by molar-refractivity contribution is 6.35. The van der Waals surface area contributed by atoms with Gasteiger partial charge in [0.05, 0.1) is 5.69 Å². The van der Waals surface area contributed by atoms with E-state index in [1.807, 2.05) is 30.3 Å². The number of aromatic nitrogens is 1. The van der Waals surface area contributed by atoms with E-state index in [4.69, 9.17) is 27.6 Å². The number of hydrogen-bond donors (Lipinski definition) is 0. The second-order valence-corrected chi connectivity index (χ2v) is 6.82. The van der Waals surface area contributed by atoms with Gasteiger partial charge in [0.2, 0.25) is 5.89 Å². The van der Waals surface area contributed by atoms with Crippen molar-refractivity contribution in [2.24, 2.45) is 4.99 Å². The van der Waals surface area contributed by atoms with E-state index in [0.29, 0.717) is 32.6 Å². The molecule has 4 rings (SSSR count). The van der Waals surface area contributed by atoms with E-state index < -0.39 is 0 Å². The standard InChI is InChI=1S/C22H13Cl2FN2O/c23-16-6-3-14(19(24)12-16)2-1-11-26-18-9-10-21-20(13-18)27-22(28-21)15-4-7-17(25)8-5-15/h1-13H/b2-1-,26-11?. The molecule has 3 nitrogen and oxygen atoms in total. The molecule has 0 N–H and O–H groups in total. The van der Waals surface area contributed by atoms with Crippen molar-refractivity contribution >= 4 is 52.3 Å². The molecule has 3 aromatic carbocycles. The molecule has 0 fully saturated rings. The van der Waals surface area contributed by atoms with Gasteiger partial charge < -0.3 is 4.42 Å². The van der Waals surface area contributed by atoms with E-state index in [9.17, 15) is 4.39 Å². The van der Waals surface area contributed by atoms with E-state index in [0.717, 1.165) is 11.3 Å². The van der Waals surface area contributed by atoms with Gasteiger partial charge in [-0.3, -0.25) is 4.99 Å². The summed E-state index contributed by atoms with van der Waals surface area (Å²) in [7, 11) is 0. The van der Waals surface area contributed by atoms with Crippen LogP contribution in [0.5, 0.6) is 0 Å². The van der Waals surface area contributed by atoms with Crippen LogP contribution in [0.1, 0.15) is 5.56 Å². The predicted octanol–water partition coefficient (Wildman–Crippen LogP) is 7.36. The number of nitrogens with zero attached hydrogens (tertiary/aromatic N) is 2. The molecule has 0 spiro atoms. The van der Waals surface area contributed by atoms with Crippen molar-refractivity contribution in [2.45, 2.75) is 0 Å². The molecule has 28 heavy (non-hydrogen) atoms. The van der Waals surface area contributed by atoms with Gasteiger partial charge in [-0.25, -0.2) is 9.37 Å². The first kappa shape index (κ1) is 18.4. The fourth-order valence-electron chi connectivity index (χ4n) is 2.62. The molecular formula is C22H13Cl2FN2O. The Kier molecular flexibility index (Phi) is 5.24. The summed E-state index contributed by atoms with van der Waals surface area (Å²) >= 11 is 12.0. The highest BCUT2D eigenvalue weighted by atomic mass is 35.5. The summed E-state index contributed by atoms with van der Waals surface area (Å²) in [5.41, 5.74) is 3.62. The zero-order valence-electron chi connectivity index (χ0n) is 14.4. The van der Waals surface area contributed by atoms with Gasteiger partial charge in [-0.2, -0.15) is 0 Å². The molecule has 0 amide bonds. The van der Waals surface area contributed by atoms with Gasteiger partial charge in [-0.05, 0) is 66.2 Å². The van der Waals surface area contributed by atoms with Gasteiger partial charge in [0, 0.05) is 21.8 Å². The van der Waals surface area contributed by atoms with E-state index in [1.54, 1.807) is 36.6 Å². The molecule has 0 unspecified atom stereocenters. The van der Waals surface area contributed by atoms with Gasteiger partial charge in [0.25, 0.3) is 0 Å². The molecule has 4 aromatic rings. The van der Waals surface area contributed by atoms with Crippen LogP contribution in [0.2, 0.25) is 10.0 Å². The lowest BCUT2D eigenvalue weighted by Crippen LogP contribution is -1.78. The van der Waals surface area contributed by atoms with Crippen LogP contribution in [0.15, 0.2) is 76.1 Å². The van der Waals surface area contributed by atoms with Gasteiger partial charge in [-0.15, -0.1) is 0 Å². The molecule has 0 radical (unpaired) electrons. The quantitative estimate of drug-likeness (QED) is 0.329. The molecule has 0 atom stereocenters. The van der Waals surface area contributed by atoms with Crippen LogP contribution in [0.25, 0.3) is 28.6 Å². The molecule has 0 saturated heterocycles. The van der Waals surface area contributed by atoms with Crippen molar-refractivity contribution in [3.8, 4) is 11.5 Å². The second-order valence-electron chi connectivity index (χ2n) is 5.98. The van der Waals surface area contributed by atoms with E-state index in [1.165, 1.54) is 12.1 Å². The molecule has 0 bridgehead atoms. The summed E-state index contributed by atoms with van der Waals surface area (Å²) in [6.07, 6.45) is 5.32. The van der Waals surface area contributed by atoms with Crippen molar-refractivity contribution in [1.82, 2.24) is 4.98 Å². The van der Waals surface area contributed by atoms with Crippen LogP contribution >= 0.6 is 23.2 Å². The van der Waals surface area contributed by atoms with Crippen LogP contribution in [-0.2, 0) is 0 Å². The Morgan fingerprint density at radius 3 is 2.57 bits per heavy atom. The lowest BCUT2D eigenvalue weighted by atomic mass is 10.2. The summed E-state index contributed by atoms with van der Waals surface area (Å²) in [5.74, 6) is 0.137. The number of hydrogen-bond acceptors (Lipinski definition) is 3. The summed E-state index contributed by atoms with van der Waals surface area (Å²) in [5, 5.41) is 1.17. The minimum atomic E-state index is -0.301. The fourth-order valence-corrected chi connectivity index (χ4v) is 3.10. The van der Waals surface area contributed by atoms with Gasteiger partial charge in [0.1, 0.15) is 11.3 Å². The van der Waals surface area contributed by atoms with Crippen molar-refractivity contribution < 1.29 is 8.81 Å². The lowest BCUT2D eigenvalue weighted by molar-refractivity contribution is 0.616. The number of rotatable bonds is 4. The summed E-state index contributed by atoms with van der Waals surface area (Å²) < 4.78 is 18.8. The Balaban J connectivity index is 1.53. The molecule has 0 saturated carbocycles. The molecular weight excluding hydrogens is 398 g/mol. The molecule has 1 heterocycles. The summed E-state index contributed by atoms with van der Waals surface area (Å²) in [4.78, 5) is 8.86. The fraction of sp³-hybridized carbons (Fsp3) is 0. The first-order chi connectivity index (χ1) is 13.6. The maximum absolute atomic E-state index is 13.1. The third-order valence-corrected chi connectivity index (χ3v) is 4.57. The third-order valence-electron chi connectivity index (χ3n) is 4.01. The average Bonchev–Trinajstić information content (AvgIpc) is 3.10. The predicted molar refractivity (Wildman–Crippen MR) is 113 cm³/mol. The number of allylic oxidation sites excluding steroid dienone is 1. The Labute approximate surface area is 170 Å². The number of benzene rings is 3. The smallest absolute Gasteiger partial charge is 0.227 e. The molecule has 0 aliphatic heterocycles. The highest BCUT2D eigenvalue weighted by Crippen LogP contribution is 2.27. The van der Waals surface area contributed by atoms with Crippen LogP contribution in [-0.4, -0.2) is 11.2 Å². The SMILES string of the molecule is Fc1ccc(-c2nc3cc(N=C/C=C\c4ccc(Cl)cc4Cl)ccc3o2)cc1. The maximum Gasteiger partial charge on any atom is 0.227 e. The Morgan fingerprint density at radius 1 is 0.964 bits per heavy atom. The first-order valence-corrected chi connectivity index (χ1v) is 9.16. The lowest BCUT2D eigenvalue weighted by Gasteiger charge is -1.97. The van der Waals surface area contributed by atoms with E-state index in [2.05, 4.69) is 9.98 Å². The first-order valence-electron chi connectivity index (χ1n) is 8.41. The minimum Gasteiger partial charge on any atom is -0.436 e. The topological polar surface area (TPSA) is 38.4 Å². The molecule has 0 aliphatic rings. The van der Waals surface area contributed by atoms with E-state index >= 15 is 0 Å². The monoisotopic (exact) mass is 410 g/mol. The third kappa shape index (κ3) is 4.14. The van der Waals surface area contributed by atoms with Crippen LogP contribution in [0, 0.1) is 5.82 Å². The second kappa shape index (κ2) is 7.97. The Bertz CT molecular complexity index is 1200. The van der Waals surface area contributed by atoms with E-state index in [-0.39, 0.29) is 5.82 Å². The highest BCUT2D eigenvalue weighted by Gasteiger charge is 2.08. The number of oxazole rings is 1. The largest absolute Gasteiger partial charge is 0.436 e. The zero-order chi connectivity index (χ0) is 19.5. The molecule has 1 aromatic heterocycles. The molecule has 0 aliphatic carbocycles. The van der Waals surface area contributed by atoms with Crippen molar-refractivity contribution in [1.29, 1.82) is 0 Å². The summed E-state index contributed by atoms with van der Waals surface area (Å²) in [6, 6.07) is 16.8. The van der Waals surface area contributed by atoms with Crippen LogP contribution in [0.4, 0.5) is 10.1 Å². The maximum atomic E-state index is 13.1.